The standard InChI is InChI=1S/C17H13Cl5N2O/c18-13-8-7-12(10-14(13)19)23-16(17(20,21)22)24-15(25)9-6-11-4-2-1-3-5-11/h1-10,16,23H,(H,24,25)/b9-6-/t16-/m0/s1. The summed E-state index contributed by atoms with van der Waals surface area (Å²) in [5, 5.41) is 6.25. The van der Waals surface area contributed by atoms with E-state index in [1.807, 2.05) is 30.3 Å². The van der Waals surface area contributed by atoms with Gasteiger partial charge in [0.05, 0.1) is 10.0 Å². The van der Waals surface area contributed by atoms with Crippen LogP contribution in [-0.2, 0) is 4.79 Å². The Kier molecular flexibility index (Phi) is 7.29. The van der Waals surface area contributed by atoms with Crippen molar-refractivity contribution in [2.45, 2.75) is 9.96 Å². The molecule has 1 amide bonds. The van der Waals surface area contributed by atoms with Crippen molar-refractivity contribution in [1.29, 1.82) is 0 Å². The molecule has 132 valence electrons. The highest BCUT2D eigenvalue weighted by Gasteiger charge is 2.33. The molecule has 2 rings (SSSR count). The molecule has 0 radical (unpaired) electrons. The molecule has 2 aromatic rings. The number of hydrogen-bond donors (Lipinski definition) is 2. The minimum Gasteiger partial charge on any atom is -0.362 e. The number of benzene rings is 2. The topological polar surface area (TPSA) is 41.1 Å². The summed E-state index contributed by atoms with van der Waals surface area (Å²) >= 11 is 29.7. The first kappa shape index (κ1) is 20.2. The largest absolute Gasteiger partial charge is 0.362 e. The van der Waals surface area contributed by atoms with E-state index in [1.165, 1.54) is 6.08 Å². The highest BCUT2D eigenvalue weighted by atomic mass is 35.6. The van der Waals surface area contributed by atoms with Crippen LogP contribution in [0.25, 0.3) is 6.08 Å². The van der Waals surface area contributed by atoms with Gasteiger partial charge in [0.1, 0.15) is 6.17 Å². The molecule has 1 atom stereocenters. The molecule has 0 fully saturated rings. The molecule has 0 aromatic heterocycles. The molecular weight excluding hydrogens is 425 g/mol. The molecule has 0 heterocycles. The molecule has 2 N–H and O–H groups in total. The summed E-state index contributed by atoms with van der Waals surface area (Å²) in [4.78, 5) is 12.1. The van der Waals surface area contributed by atoms with E-state index < -0.39 is 15.9 Å². The summed E-state index contributed by atoms with van der Waals surface area (Å²) in [7, 11) is 0. The Bertz CT molecular complexity index is 759. The molecule has 8 heteroatoms. The monoisotopic (exact) mass is 436 g/mol. The van der Waals surface area contributed by atoms with Crippen LogP contribution >= 0.6 is 58.0 Å². The van der Waals surface area contributed by atoms with Gasteiger partial charge >= 0.3 is 0 Å². The van der Waals surface area contributed by atoms with Crippen LogP contribution in [0.4, 0.5) is 5.69 Å². The van der Waals surface area contributed by atoms with Crippen molar-refractivity contribution < 1.29 is 4.79 Å². The second-order valence-electron chi connectivity index (χ2n) is 5.00. The van der Waals surface area contributed by atoms with E-state index in [4.69, 9.17) is 58.0 Å². The molecule has 0 saturated carbocycles. The van der Waals surface area contributed by atoms with Crippen molar-refractivity contribution in [2.75, 3.05) is 5.32 Å². The molecule has 3 nitrogen and oxygen atoms in total. The number of amides is 1. The first-order valence-electron chi connectivity index (χ1n) is 7.07. The van der Waals surface area contributed by atoms with E-state index in [0.717, 1.165) is 5.56 Å². The van der Waals surface area contributed by atoms with Crippen molar-refractivity contribution in [3.63, 3.8) is 0 Å². The summed E-state index contributed by atoms with van der Waals surface area (Å²) in [6, 6.07) is 14.2. The molecule has 25 heavy (non-hydrogen) atoms. The van der Waals surface area contributed by atoms with E-state index in [2.05, 4.69) is 10.6 Å². The maximum atomic E-state index is 12.1. The number of halogens is 5. The van der Waals surface area contributed by atoms with Crippen LogP contribution in [0.1, 0.15) is 5.56 Å². The molecule has 0 aliphatic heterocycles. The van der Waals surface area contributed by atoms with Gasteiger partial charge in [-0.2, -0.15) is 0 Å². The van der Waals surface area contributed by atoms with Gasteiger partial charge in [0, 0.05) is 11.8 Å². The van der Waals surface area contributed by atoms with Crippen molar-refractivity contribution in [3.05, 3.63) is 70.2 Å². The normalized spacial score (nSPS) is 12.8. The molecule has 2 aromatic carbocycles. The summed E-state index contributed by atoms with van der Waals surface area (Å²) in [5.74, 6) is -0.423. The summed E-state index contributed by atoms with van der Waals surface area (Å²) < 4.78 is -1.79. The fourth-order valence-electron chi connectivity index (χ4n) is 1.88. The first-order valence-corrected chi connectivity index (χ1v) is 8.96. The van der Waals surface area contributed by atoms with Gasteiger partial charge in [-0.05, 0) is 29.8 Å². The third-order valence-electron chi connectivity index (χ3n) is 3.07. The maximum Gasteiger partial charge on any atom is 0.245 e. The van der Waals surface area contributed by atoms with Crippen LogP contribution < -0.4 is 10.6 Å². The summed E-state index contributed by atoms with van der Waals surface area (Å²) in [5.41, 5.74) is 1.42. The van der Waals surface area contributed by atoms with Crippen LogP contribution in [0, 0.1) is 0 Å². The fourth-order valence-corrected chi connectivity index (χ4v) is 2.50. The number of nitrogens with one attached hydrogen (secondary N) is 2. The third kappa shape index (κ3) is 6.61. The summed E-state index contributed by atoms with van der Waals surface area (Å²) in [6.07, 6.45) is 2.03. The second kappa shape index (κ2) is 9.02. The van der Waals surface area contributed by atoms with Crippen LogP contribution in [0.3, 0.4) is 0 Å². The number of hydrogen-bond acceptors (Lipinski definition) is 2. The Morgan fingerprint density at radius 3 is 2.28 bits per heavy atom. The predicted octanol–water partition coefficient (Wildman–Crippen LogP) is 5.93. The van der Waals surface area contributed by atoms with Crippen LogP contribution in [0.15, 0.2) is 54.6 Å². The molecule has 0 spiro atoms. The Labute approximate surface area is 170 Å². The average molecular weight is 439 g/mol. The van der Waals surface area contributed by atoms with Gasteiger partial charge in [0.15, 0.2) is 0 Å². The Morgan fingerprint density at radius 1 is 1.00 bits per heavy atom. The van der Waals surface area contributed by atoms with Crippen LogP contribution in [0.2, 0.25) is 10.0 Å². The Balaban J connectivity index is 2.08. The molecule has 0 aliphatic rings. The van der Waals surface area contributed by atoms with E-state index >= 15 is 0 Å². The van der Waals surface area contributed by atoms with E-state index in [1.54, 1.807) is 24.3 Å². The van der Waals surface area contributed by atoms with E-state index in [9.17, 15) is 4.79 Å². The lowest BCUT2D eigenvalue weighted by atomic mass is 10.2. The van der Waals surface area contributed by atoms with Crippen molar-refractivity contribution in [2.24, 2.45) is 0 Å². The smallest absolute Gasteiger partial charge is 0.245 e. The first-order chi connectivity index (χ1) is 11.8. The average Bonchev–Trinajstić information content (AvgIpc) is 2.56. The van der Waals surface area contributed by atoms with Crippen LogP contribution in [0.5, 0.6) is 0 Å². The zero-order chi connectivity index (χ0) is 18.4. The van der Waals surface area contributed by atoms with Crippen molar-refractivity contribution in [1.82, 2.24) is 5.32 Å². The SMILES string of the molecule is O=C(/C=C\c1ccccc1)N[C@H](Nc1ccc(Cl)c(Cl)c1)C(Cl)(Cl)Cl. The summed E-state index contributed by atoms with van der Waals surface area (Å²) in [6.45, 7) is 0. The lowest BCUT2D eigenvalue weighted by Gasteiger charge is -2.27. The number of anilines is 1. The van der Waals surface area contributed by atoms with Crippen molar-refractivity contribution >= 4 is 75.7 Å². The van der Waals surface area contributed by atoms with Gasteiger partial charge in [-0.25, -0.2) is 0 Å². The lowest BCUT2D eigenvalue weighted by molar-refractivity contribution is -0.116. The van der Waals surface area contributed by atoms with E-state index in [-0.39, 0.29) is 0 Å². The second-order valence-corrected chi connectivity index (χ2v) is 8.18. The molecule has 0 saturated heterocycles. The maximum absolute atomic E-state index is 12.1. The number of carbonyl (C=O) groups excluding carboxylic acids is 1. The van der Waals surface area contributed by atoms with Gasteiger partial charge < -0.3 is 10.6 Å². The minimum absolute atomic E-state index is 0.338. The highest BCUT2D eigenvalue weighted by molar-refractivity contribution is 6.68. The van der Waals surface area contributed by atoms with Crippen LogP contribution in [-0.4, -0.2) is 15.9 Å². The van der Waals surface area contributed by atoms with Gasteiger partial charge in [0.25, 0.3) is 0 Å². The highest BCUT2D eigenvalue weighted by Crippen LogP contribution is 2.32. The predicted molar refractivity (Wildman–Crippen MR) is 108 cm³/mol. The number of carbonyl (C=O) groups is 1. The number of rotatable bonds is 5. The zero-order valence-electron chi connectivity index (χ0n) is 12.6. The molecule has 0 bridgehead atoms. The fraction of sp³-hybridized carbons (Fsp3) is 0.118. The third-order valence-corrected chi connectivity index (χ3v) is 4.46. The van der Waals surface area contributed by atoms with Gasteiger partial charge in [-0.15, -0.1) is 0 Å². The molecule has 0 unspecified atom stereocenters. The molecule has 0 aliphatic carbocycles. The lowest BCUT2D eigenvalue weighted by Crippen LogP contribution is -2.48. The Morgan fingerprint density at radius 2 is 1.68 bits per heavy atom. The van der Waals surface area contributed by atoms with Gasteiger partial charge in [-0.1, -0.05) is 88.3 Å². The minimum atomic E-state index is -1.79. The van der Waals surface area contributed by atoms with Gasteiger partial charge in [-0.3, -0.25) is 4.79 Å². The number of alkyl halides is 3. The zero-order valence-corrected chi connectivity index (χ0v) is 16.4. The molecular formula is C17H13Cl5N2O. The van der Waals surface area contributed by atoms with Crippen molar-refractivity contribution in [3.8, 4) is 0 Å². The van der Waals surface area contributed by atoms with Gasteiger partial charge in [0.2, 0.25) is 9.70 Å². The Hall–Kier alpha value is -1.10. The van der Waals surface area contributed by atoms with E-state index in [0.29, 0.717) is 15.7 Å². The quantitative estimate of drug-likeness (QED) is 0.345.